The summed E-state index contributed by atoms with van der Waals surface area (Å²) in [6.45, 7) is 6.92. The van der Waals surface area contributed by atoms with Gasteiger partial charge in [0.1, 0.15) is 5.82 Å². The van der Waals surface area contributed by atoms with Gasteiger partial charge in [-0.05, 0) is 42.2 Å². The van der Waals surface area contributed by atoms with Crippen molar-refractivity contribution in [3.05, 3.63) is 58.9 Å². The molecule has 0 bridgehead atoms. The number of carbonyl (C=O) groups is 1. The number of anilines is 1. The fourth-order valence-corrected chi connectivity index (χ4v) is 4.73. The zero-order valence-electron chi connectivity index (χ0n) is 16.7. The molecule has 1 fully saturated rings. The summed E-state index contributed by atoms with van der Waals surface area (Å²) in [5.41, 5.74) is 2.09. The molecule has 8 heteroatoms. The average molecular weight is 421 g/mol. The van der Waals surface area contributed by atoms with Crippen molar-refractivity contribution in [2.45, 2.75) is 31.6 Å². The molecular formula is C21H25FN2O4S. The molecule has 3 rings (SSSR count). The number of benzene rings is 2. The average Bonchev–Trinajstić information content (AvgIpc) is 2.70. The molecule has 0 aromatic heterocycles. The van der Waals surface area contributed by atoms with E-state index in [9.17, 15) is 17.6 Å². The number of aryl methyl sites for hydroxylation is 1. The van der Waals surface area contributed by atoms with Crippen LogP contribution in [0.3, 0.4) is 0 Å². The topological polar surface area (TPSA) is 75.7 Å². The Morgan fingerprint density at radius 3 is 2.52 bits per heavy atom. The van der Waals surface area contributed by atoms with E-state index in [-0.39, 0.29) is 29.5 Å². The highest BCUT2D eigenvalue weighted by atomic mass is 32.2. The minimum Gasteiger partial charge on any atom is -0.379 e. The predicted octanol–water partition coefficient (Wildman–Crippen LogP) is 3.53. The van der Waals surface area contributed by atoms with Crippen molar-refractivity contribution in [2.24, 2.45) is 0 Å². The summed E-state index contributed by atoms with van der Waals surface area (Å²) in [5, 5.41) is 2.77. The summed E-state index contributed by atoms with van der Waals surface area (Å²) in [4.78, 5) is 12.7. The van der Waals surface area contributed by atoms with E-state index >= 15 is 0 Å². The van der Waals surface area contributed by atoms with Crippen molar-refractivity contribution in [1.82, 2.24) is 4.31 Å². The van der Waals surface area contributed by atoms with E-state index in [0.29, 0.717) is 18.9 Å². The van der Waals surface area contributed by atoms with Gasteiger partial charge < -0.3 is 10.1 Å². The Hall–Kier alpha value is -2.29. The zero-order valence-corrected chi connectivity index (χ0v) is 17.6. The van der Waals surface area contributed by atoms with Crippen LogP contribution in [-0.2, 0) is 14.8 Å². The lowest BCUT2D eigenvalue weighted by atomic mass is 9.98. The molecule has 0 aliphatic carbocycles. The molecule has 1 N–H and O–H groups in total. The molecule has 0 atom stereocenters. The summed E-state index contributed by atoms with van der Waals surface area (Å²) in [7, 11) is -3.83. The number of nitrogens with one attached hydrogen (secondary N) is 1. The number of amides is 1. The first-order chi connectivity index (χ1) is 13.7. The Labute approximate surface area is 170 Å². The van der Waals surface area contributed by atoms with Crippen molar-refractivity contribution in [3.63, 3.8) is 0 Å². The number of hydrogen-bond acceptors (Lipinski definition) is 4. The molecule has 1 heterocycles. The summed E-state index contributed by atoms with van der Waals surface area (Å²) in [6, 6.07) is 8.97. The van der Waals surface area contributed by atoms with Gasteiger partial charge in [-0.2, -0.15) is 4.31 Å². The molecule has 0 saturated carbocycles. The number of nitrogens with zero attached hydrogens (tertiary/aromatic N) is 1. The number of hydrogen-bond donors (Lipinski definition) is 1. The quantitative estimate of drug-likeness (QED) is 0.803. The van der Waals surface area contributed by atoms with Gasteiger partial charge in [0, 0.05) is 18.8 Å². The fraction of sp³-hybridized carbons (Fsp3) is 0.381. The van der Waals surface area contributed by atoms with E-state index in [1.807, 2.05) is 39.0 Å². The summed E-state index contributed by atoms with van der Waals surface area (Å²) in [6.07, 6.45) is 0. The zero-order chi connectivity index (χ0) is 21.2. The van der Waals surface area contributed by atoms with Gasteiger partial charge in [0.25, 0.3) is 5.91 Å². The minimum atomic E-state index is -3.83. The van der Waals surface area contributed by atoms with Gasteiger partial charge in [-0.25, -0.2) is 12.8 Å². The van der Waals surface area contributed by atoms with Crippen molar-refractivity contribution in [2.75, 3.05) is 31.6 Å². The normalized spacial score (nSPS) is 15.5. The van der Waals surface area contributed by atoms with Gasteiger partial charge in [-0.3, -0.25) is 4.79 Å². The highest BCUT2D eigenvalue weighted by Gasteiger charge is 2.28. The van der Waals surface area contributed by atoms with E-state index in [0.717, 1.165) is 23.3 Å². The number of para-hydroxylation sites is 1. The molecule has 6 nitrogen and oxygen atoms in total. The largest absolute Gasteiger partial charge is 0.379 e. The van der Waals surface area contributed by atoms with Gasteiger partial charge in [-0.15, -0.1) is 0 Å². The smallest absolute Gasteiger partial charge is 0.258 e. The third-order valence-electron chi connectivity index (χ3n) is 4.96. The Kier molecular flexibility index (Phi) is 6.36. The van der Waals surface area contributed by atoms with Gasteiger partial charge >= 0.3 is 0 Å². The molecular weight excluding hydrogens is 395 g/mol. The van der Waals surface area contributed by atoms with Gasteiger partial charge in [0.2, 0.25) is 10.0 Å². The van der Waals surface area contributed by atoms with Crippen LogP contribution in [0.2, 0.25) is 0 Å². The number of morpholine rings is 1. The minimum absolute atomic E-state index is 0.111. The Morgan fingerprint density at radius 2 is 1.86 bits per heavy atom. The maximum absolute atomic E-state index is 14.4. The lowest BCUT2D eigenvalue weighted by Crippen LogP contribution is -2.40. The molecule has 1 aliphatic rings. The van der Waals surface area contributed by atoms with Gasteiger partial charge in [0.05, 0.1) is 23.7 Å². The maximum Gasteiger partial charge on any atom is 0.258 e. The third-order valence-corrected chi connectivity index (χ3v) is 6.85. The van der Waals surface area contributed by atoms with E-state index in [1.54, 1.807) is 0 Å². The first-order valence-electron chi connectivity index (χ1n) is 9.50. The fourth-order valence-electron chi connectivity index (χ4n) is 3.30. The van der Waals surface area contributed by atoms with Crippen molar-refractivity contribution >= 4 is 21.6 Å². The lowest BCUT2D eigenvalue weighted by molar-refractivity contribution is 0.0730. The number of rotatable bonds is 5. The summed E-state index contributed by atoms with van der Waals surface area (Å²) in [5.74, 6) is -1.30. The number of sulfonamides is 1. The van der Waals surface area contributed by atoms with Crippen LogP contribution in [0, 0.1) is 12.7 Å². The van der Waals surface area contributed by atoms with Crippen LogP contribution >= 0.6 is 0 Å². The molecule has 1 saturated heterocycles. The van der Waals surface area contributed by atoms with Crippen LogP contribution < -0.4 is 5.32 Å². The molecule has 0 radical (unpaired) electrons. The second-order valence-electron chi connectivity index (χ2n) is 7.31. The molecule has 156 valence electrons. The number of carbonyl (C=O) groups excluding carboxylic acids is 1. The monoisotopic (exact) mass is 420 g/mol. The Morgan fingerprint density at radius 1 is 1.17 bits per heavy atom. The highest BCUT2D eigenvalue weighted by Crippen LogP contribution is 2.28. The van der Waals surface area contributed by atoms with Crippen LogP contribution in [-0.4, -0.2) is 44.9 Å². The second-order valence-corrected chi connectivity index (χ2v) is 9.24. The summed E-state index contributed by atoms with van der Waals surface area (Å²) >= 11 is 0. The van der Waals surface area contributed by atoms with E-state index in [4.69, 9.17) is 4.74 Å². The first kappa shape index (κ1) is 21.4. The molecule has 2 aromatic carbocycles. The molecule has 1 aliphatic heterocycles. The Bertz CT molecular complexity index is 1020. The Balaban J connectivity index is 1.94. The van der Waals surface area contributed by atoms with Crippen LogP contribution in [0.25, 0.3) is 0 Å². The molecule has 0 spiro atoms. The van der Waals surface area contributed by atoms with Gasteiger partial charge in [0.15, 0.2) is 0 Å². The lowest BCUT2D eigenvalue weighted by Gasteiger charge is -2.26. The van der Waals surface area contributed by atoms with Crippen LogP contribution in [0.1, 0.15) is 41.3 Å². The third kappa shape index (κ3) is 4.49. The van der Waals surface area contributed by atoms with Crippen molar-refractivity contribution in [1.29, 1.82) is 0 Å². The van der Waals surface area contributed by atoms with Gasteiger partial charge in [-0.1, -0.05) is 32.0 Å². The maximum atomic E-state index is 14.4. The summed E-state index contributed by atoms with van der Waals surface area (Å²) < 4.78 is 46.6. The van der Waals surface area contributed by atoms with Crippen LogP contribution in [0.5, 0.6) is 0 Å². The molecule has 1 amide bonds. The number of halogens is 1. The van der Waals surface area contributed by atoms with Crippen molar-refractivity contribution < 1.29 is 22.3 Å². The van der Waals surface area contributed by atoms with Crippen molar-refractivity contribution in [3.8, 4) is 0 Å². The van der Waals surface area contributed by atoms with E-state index in [1.165, 1.54) is 10.4 Å². The highest BCUT2D eigenvalue weighted by molar-refractivity contribution is 7.89. The van der Waals surface area contributed by atoms with E-state index in [2.05, 4.69) is 5.32 Å². The first-order valence-corrected chi connectivity index (χ1v) is 10.9. The van der Waals surface area contributed by atoms with E-state index < -0.39 is 21.7 Å². The second kappa shape index (κ2) is 8.61. The van der Waals surface area contributed by atoms with Crippen LogP contribution in [0.15, 0.2) is 41.3 Å². The molecule has 0 unspecified atom stereocenters. The molecule has 2 aromatic rings. The standard InChI is InChI=1S/C21H25FN2O4S/c1-14(2)17-6-4-5-15(3)20(17)23-21(25)18-13-16(7-8-19(18)22)29(26,27)24-9-11-28-12-10-24/h4-8,13-14H,9-12H2,1-3H3,(H,23,25). The predicted molar refractivity (Wildman–Crippen MR) is 109 cm³/mol. The number of ether oxygens (including phenoxy) is 1. The van der Waals surface area contributed by atoms with Crippen LogP contribution in [0.4, 0.5) is 10.1 Å². The molecule has 29 heavy (non-hydrogen) atoms. The SMILES string of the molecule is Cc1cccc(C(C)C)c1NC(=O)c1cc(S(=O)(=O)N2CCOCC2)ccc1F.